The van der Waals surface area contributed by atoms with Gasteiger partial charge in [-0.3, -0.25) is 9.67 Å². The molecule has 2 atom stereocenters. The summed E-state index contributed by atoms with van der Waals surface area (Å²) < 4.78 is 2.03. The van der Waals surface area contributed by atoms with E-state index in [0.717, 1.165) is 40.0 Å². The molecular weight excluding hydrogens is 398 g/mol. The fraction of sp³-hybridized carbons (Fsp3) is 0.400. The van der Waals surface area contributed by atoms with Gasteiger partial charge in [0.15, 0.2) is 17.5 Å². The van der Waals surface area contributed by atoms with Crippen molar-refractivity contribution in [3.8, 4) is 27.8 Å². The van der Waals surface area contributed by atoms with Crippen LogP contribution in [0.2, 0.25) is 0 Å². The van der Waals surface area contributed by atoms with Gasteiger partial charge >= 0.3 is 0 Å². The maximum atomic E-state index is 5.07. The lowest BCUT2D eigenvalue weighted by atomic mass is 10.0. The summed E-state index contributed by atoms with van der Waals surface area (Å²) in [5.74, 6) is 3.23. The molecule has 0 amide bonds. The van der Waals surface area contributed by atoms with E-state index in [4.69, 9.17) is 9.97 Å². The van der Waals surface area contributed by atoms with Gasteiger partial charge in [-0.1, -0.05) is 6.92 Å². The first kappa shape index (κ1) is 17.7. The zero-order valence-corrected chi connectivity index (χ0v) is 17.5. The highest BCUT2D eigenvalue weighted by Gasteiger charge is 2.41. The van der Waals surface area contributed by atoms with Gasteiger partial charge < -0.3 is 4.90 Å². The summed E-state index contributed by atoms with van der Waals surface area (Å²) in [5, 5.41) is 18.7. The molecule has 0 aromatic carbocycles. The van der Waals surface area contributed by atoms with Gasteiger partial charge in [0.1, 0.15) is 22.7 Å². The Morgan fingerprint density at radius 3 is 2.93 bits per heavy atom. The summed E-state index contributed by atoms with van der Waals surface area (Å²) in [6.45, 7) is 4.50. The molecule has 1 fully saturated rings. The second-order valence-corrected chi connectivity index (χ2v) is 8.76. The monoisotopic (exact) mass is 419 g/mol. The van der Waals surface area contributed by atoms with E-state index in [9.17, 15) is 0 Å². The largest absolute Gasteiger partial charge is 0.341 e. The number of aromatic amines is 1. The number of H-pyrrole nitrogens is 1. The van der Waals surface area contributed by atoms with Crippen LogP contribution in [0.4, 0.5) is 5.82 Å². The number of nitrogens with zero attached hydrogens (tertiary/aromatic N) is 8. The molecule has 1 N–H and O–H groups in total. The normalized spacial score (nSPS) is 18.9. The lowest BCUT2D eigenvalue weighted by molar-refractivity contribution is 0.454. The van der Waals surface area contributed by atoms with E-state index in [-0.39, 0.29) is 6.04 Å². The average molecular weight is 420 g/mol. The molecule has 152 valence electrons. The van der Waals surface area contributed by atoms with E-state index in [1.807, 2.05) is 16.1 Å². The molecule has 2 aliphatic rings. The van der Waals surface area contributed by atoms with Crippen molar-refractivity contribution >= 4 is 17.2 Å². The molecule has 1 unspecified atom stereocenters. The van der Waals surface area contributed by atoms with Crippen LogP contribution in [0.5, 0.6) is 0 Å². The van der Waals surface area contributed by atoms with Gasteiger partial charge in [-0.2, -0.15) is 5.10 Å². The number of hydrogen-bond donors (Lipinski definition) is 1. The summed E-state index contributed by atoms with van der Waals surface area (Å²) in [6.07, 6.45) is 10.7. The molecule has 5 heterocycles. The summed E-state index contributed by atoms with van der Waals surface area (Å²) >= 11 is 1.56. The van der Waals surface area contributed by atoms with Crippen molar-refractivity contribution in [2.24, 2.45) is 5.92 Å². The Hall–Kier alpha value is -3.14. The van der Waals surface area contributed by atoms with Crippen molar-refractivity contribution in [2.75, 3.05) is 4.90 Å². The van der Waals surface area contributed by atoms with Crippen molar-refractivity contribution in [2.45, 2.75) is 45.2 Å². The number of anilines is 1. The van der Waals surface area contributed by atoms with Gasteiger partial charge in [0, 0.05) is 17.6 Å². The van der Waals surface area contributed by atoms with Crippen molar-refractivity contribution in [3.05, 3.63) is 36.1 Å². The summed E-state index contributed by atoms with van der Waals surface area (Å²) in [4.78, 5) is 16.6. The third kappa shape index (κ3) is 2.59. The number of nitrogens with one attached hydrogen (secondary N) is 1. The van der Waals surface area contributed by atoms with Gasteiger partial charge in [0.2, 0.25) is 0 Å². The first-order valence-corrected chi connectivity index (χ1v) is 11.1. The van der Waals surface area contributed by atoms with Gasteiger partial charge in [-0.25, -0.2) is 15.0 Å². The molecule has 10 heteroatoms. The van der Waals surface area contributed by atoms with E-state index in [2.05, 4.69) is 44.1 Å². The summed E-state index contributed by atoms with van der Waals surface area (Å²) in [7, 11) is 0. The van der Waals surface area contributed by atoms with Crippen LogP contribution in [0, 0.1) is 5.92 Å². The maximum absolute atomic E-state index is 5.07. The molecule has 30 heavy (non-hydrogen) atoms. The number of rotatable bonds is 5. The zero-order valence-electron chi connectivity index (χ0n) is 16.7. The van der Waals surface area contributed by atoms with Gasteiger partial charge in [0.05, 0.1) is 24.0 Å². The number of hydrogen-bond acceptors (Lipinski definition) is 8. The predicted molar refractivity (Wildman–Crippen MR) is 113 cm³/mol. The lowest BCUT2D eigenvalue weighted by Crippen LogP contribution is -2.42. The summed E-state index contributed by atoms with van der Waals surface area (Å²) in [6, 6.07) is 0.519. The second-order valence-electron chi connectivity index (χ2n) is 7.87. The first-order chi connectivity index (χ1) is 14.8. The highest BCUT2D eigenvalue weighted by atomic mass is 32.1. The second kappa shape index (κ2) is 6.69. The van der Waals surface area contributed by atoms with Crippen molar-refractivity contribution in [3.63, 3.8) is 0 Å². The van der Waals surface area contributed by atoms with Gasteiger partial charge in [0.25, 0.3) is 0 Å². The van der Waals surface area contributed by atoms with Crippen LogP contribution >= 0.6 is 11.3 Å². The third-order valence-corrected chi connectivity index (χ3v) is 6.91. The minimum Gasteiger partial charge on any atom is -0.341 e. The van der Waals surface area contributed by atoms with Crippen molar-refractivity contribution < 1.29 is 0 Å². The fourth-order valence-electron chi connectivity index (χ4n) is 4.41. The molecule has 6 rings (SSSR count). The van der Waals surface area contributed by atoms with Gasteiger partial charge in [-0.15, -0.1) is 21.5 Å². The molecule has 1 saturated carbocycles. The zero-order chi connectivity index (χ0) is 20.2. The van der Waals surface area contributed by atoms with E-state index in [1.54, 1.807) is 30.1 Å². The van der Waals surface area contributed by atoms with Crippen LogP contribution in [-0.2, 0) is 0 Å². The molecule has 0 radical (unpaired) electrons. The van der Waals surface area contributed by atoms with E-state index in [0.29, 0.717) is 17.8 Å². The van der Waals surface area contributed by atoms with Crippen molar-refractivity contribution in [1.29, 1.82) is 0 Å². The quantitative estimate of drug-likeness (QED) is 0.527. The Balaban J connectivity index is 1.52. The Morgan fingerprint density at radius 2 is 2.17 bits per heavy atom. The van der Waals surface area contributed by atoms with Crippen molar-refractivity contribution in [1.82, 2.24) is 39.9 Å². The lowest BCUT2D eigenvalue weighted by Gasteiger charge is -2.41. The SMILES string of the molecule is CC[C@@H]1c2nncn2-c2cnc(-c3cn[nH]c3-c3nccs3)nc2N1C(C)C1CC1. The highest BCUT2D eigenvalue weighted by Crippen LogP contribution is 2.45. The van der Waals surface area contributed by atoms with E-state index in [1.165, 1.54) is 12.8 Å². The Bertz CT molecular complexity index is 1190. The first-order valence-electron chi connectivity index (χ1n) is 10.3. The molecule has 4 aromatic heterocycles. The number of aromatic nitrogens is 8. The molecular formula is C20H21N9S. The highest BCUT2D eigenvalue weighted by molar-refractivity contribution is 7.13. The predicted octanol–water partition coefficient (Wildman–Crippen LogP) is 3.64. The molecule has 0 spiro atoms. The fourth-order valence-corrected chi connectivity index (χ4v) is 5.06. The van der Waals surface area contributed by atoms with Crippen LogP contribution < -0.4 is 4.90 Å². The Morgan fingerprint density at radius 1 is 1.27 bits per heavy atom. The smallest absolute Gasteiger partial charge is 0.165 e. The van der Waals surface area contributed by atoms with Gasteiger partial charge in [-0.05, 0) is 32.1 Å². The molecule has 4 aromatic rings. The van der Waals surface area contributed by atoms with E-state index >= 15 is 0 Å². The van der Waals surface area contributed by atoms with E-state index < -0.39 is 0 Å². The van der Waals surface area contributed by atoms with Crippen LogP contribution in [-0.4, -0.2) is 46.0 Å². The molecule has 1 aliphatic carbocycles. The van der Waals surface area contributed by atoms with Crippen LogP contribution in [0.25, 0.3) is 27.8 Å². The molecule has 0 bridgehead atoms. The topological polar surface area (TPSA) is 101 Å². The van der Waals surface area contributed by atoms with Crippen LogP contribution in [0.3, 0.4) is 0 Å². The Labute approximate surface area is 177 Å². The summed E-state index contributed by atoms with van der Waals surface area (Å²) in [5.41, 5.74) is 2.63. The standard InChI is InChI=1S/C20H21N9S/c1-3-14-19-27-24-10-28(19)15-9-22-17(25-18(15)29(14)11(2)12-4-5-12)13-8-23-26-16(13)20-21-6-7-30-20/h6-12,14H,3-5H2,1-2H3,(H,23,26)/t11?,14-/m1/s1. The molecule has 1 aliphatic heterocycles. The molecule has 9 nitrogen and oxygen atoms in total. The minimum atomic E-state index is 0.140. The van der Waals surface area contributed by atoms with Crippen LogP contribution in [0.15, 0.2) is 30.3 Å². The average Bonchev–Trinajstić information content (AvgIpc) is 3.18. The molecule has 0 saturated heterocycles. The Kier molecular flexibility index (Phi) is 3.95. The number of fused-ring (bicyclic) bond motifs is 3. The number of thiazole rings is 1. The van der Waals surface area contributed by atoms with Crippen LogP contribution in [0.1, 0.15) is 45.0 Å². The minimum absolute atomic E-state index is 0.140. The third-order valence-electron chi connectivity index (χ3n) is 6.12. The maximum Gasteiger partial charge on any atom is 0.165 e.